The van der Waals surface area contributed by atoms with Crippen molar-refractivity contribution in [2.75, 3.05) is 20.1 Å². The number of amides is 2. The van der Waals surface area contributed by atoms with Crippen molar-refractivity contribution >= 4 is 17.8 Å². The van der Waals surface area contributed by atoms with Crippen LogP contribution in [0.5, 0.6) is 0 Å². The van der Waals surface area contributed by atoms with Gasteiger partial charge in [0.05, 0.1) is 17.9 Å². The van der Waals surface area contributed by atoms with Gasteiger partial charge in [0.15, 0.2) is 0 Å². The van der Waals surface area contributed by atoms with E-state index in [1.54, 1.807) is 6.92 Å². The Balaban J connectivity index is 2.10. The van der Waals surface area contributed by atoms with Crippen molar-refractivity contribution in [1.29, 1.82) is 0 Å². The highest BCUT2D eigenvalue weighted by Gasteiger charge is 2.47. The first kappa shape index (κ1) is 12.0. The number of aliphatic carboxylic acids is 1. The van der Waals surface area contributed by atoms with Crippen LogP contribution in [0.15, 0.2) is 0 Å². The Morgan fingerprint density at radius 3 is 2.53 bits per heavy atom. The number of hydrogen-bond donors (Lipinski definition) is 1. The molecule has 6 heteroatoms. The van der Waals surface area contributed by atoms with Gasteiger partial charge in [-0.05, 0) is 13.3 Å². The van der Waals surface area contributed by atoms with Gasteiger partial charge in [-0.15, -0.1) is 0 Å². The summed E-state index contributed by atoms with van der Waals surface area (Å²) in [5.41, 5.74) is -0.801. The van der Waals surface area contributed by atoms with Gasteiger partial charge in [0, 0.05) is 20.1 Å². The lowest BCUT2D eigenvalue weighted by Gasteiger charge is -2.23. The third-order valence-electron chi connectivity index (χ3n) is 3.82. The Kier molecular flexibility index (Phi) is 2.69. The van der Waals surface area contributed by atoms with Crippen molar-refractivity contribution in [3.63, 3.8) is 0 Å². The smallest absolute Gasteiger partial charge is 0.310 e. The molecule has 0 spiro atoms. The fraction of sp³-hybridized carbons (Fsp3) is 0.727. The molecule has 6 nitrogen and oxygen atoms in total. The van der Waals surface area contributed by atoms with Crippen LogP contribution >= 0.6 is 0 Å². The Hall–Kier alpha value is -1.43. The lowest BCUT2D eigenvalue weighted by molar-refractivity contribution is -0.147. The Morgan fingerprint density at radius 2 is 2.12 bits per heavy atom. The predicted molar refractivity (Wildman–Crippen MR) is 58.1 cm³/mol. The fourth-order valence-corrected chi connectivity index (χ4v) is 2.46. The number of likely N-dealkylation sites (N-methyl/N-ethyl adjacent to an activating group) is 1. The molecule has 0 saturated carbocycles. The molecule has 2 atom stereocenters. The summed E-state index contributed by atoms with van der Waals surface area (Å²) in [6.45, 7) is 2.57. The second kappa shape index (κ2) is 3.80. The zero-order valence-electron chi connectivity index (χ0n) is 9.97. The summed E-state index contributed by atoms with van der Waals surface area (Å²) in [7, 11) is 1.47. The first-order valence-corrected chi connectivity index (χ1v) is 5.63. The number of nitrogens with zero attached hydrogens (tertiary/aromatic N) is 2. The van der Waals surface area contributed by atoms with Crippen LogP contribution in [-0.4, -0.2) is 58.9 Å². The van der Waals surface area contributed by atoms with E-state index in [1.165, 1.54) is 7.05 Å². The number of hydrogen-bond acceptors (Lipinski definition) is 4. The van der Waals surface area contributed by atoms with E-state index in [4.69, 9.17) is 5.11 Å². The largest absolute Gasteiger partial charge is 0.481 e. The van der Waals surface area contributed by atoms with Gasteiger partial charge >= 0.3 is 5.97 Å². The summed E-state index contributed by atoms with van der Waals surface area (Å²) in [6.07, 6.45) is 0.690. The quantitative estimate of drug-likeness (QED) is 0.661. The topological polar surface area (TPSA) is 77.9 Å². The minimum atomic E-state index is -0.842. The lowest BCUT2D eigenvalue weighted by atomic mass is 9.90. The average molecular weight is 240 g/mol. The van der Waals surface area contributed by atoms with Gasteiger partial charge in [0.25, 0.3) is 0 Å². The minimum Gasteiger partial charge on any atom is -0.481 e. The summed E-state index contributed by atoms with van der Waals surface area (Å²) in [6, 6.07) is -0.464. The van der Waals surface area contributed by atoms with Crippen LogP contribution in [0.25, 0.3) is 0 Å². The van der Waals surface area contributed by atoms with Gasteiger partial charge in [0.2, 0.25) is 11.8 Å². The van der Waals surface area contributed by atoms with Gasteiger partial charge in [-0.1, -0.05) is 0 Å². The number of carbonyl (C=O) groups excluding carboxylic acids is 2. The second-order valence-corrected chi connectivity index (χ2v) is 5.10. The Bertz CT molecular complexity index is 395. The third kappa shape index (κ3) is 1.82. The van der Waals surface area contributed by atoms with Crippen LogP contribution in [0.4, 0.5) is 0 Å². The van der Waals surface area contributed by atoms with E-state index >= 15 is 0 Å². The number of likely N-dealkylation sites (tertiary alicyclic amines) is 2. The maximum atomic E-state index is 11.8. The van der Waals surface area contributed by atoms with E-state index in [0.717, 1.165) is 4.90 Å². The monoisotopic (exact) mass is 240 g/mol. The van der Waals surface area contributed by atoms with E-state index in [9.17, 15) is 14.4 Å². The molecule has 0 radical (unpaired) electrons. The molecule has 94 valence electrons. The third-order valence-corrected chi connectivity index (χ3v) is 3.82. The van der Waals surface area contributed by atoms with Crippen LogP contribution < -0.4 is 0 Å². The molecule has 2 heterocycles. The maximum Gasteiger partial charge on any atom is 0.310 e. The van der Waals surface area contributed by atoms with Crippen molar-refractivity contribution in [3.05, 3.63) is 0 Å². The molecule has 2 unspecified atom stereocenters. The molecule has 2 saturated heterocycles. The van der Waals surface area contributed by atoms with Crippen LogP contribution in [-0.2, 0) is 14.4 Å². The van der Waals surface area contributed by atoms with E-state index in [-0.39, 0.29) is 18.2 Å². The number of carboxylic acids is 1. The molecule has 0 aromatic rings. The van der Waals surface area contributed by atoms with Gasteiger partial charge in [-0.2, -0.15) is 0 Å². The molecule has 17 heavy (non-hydrogen) atoms. The van der Waals surface area contributed by atoms with E-state index < -0.39 is 17.4 Å². The standard InChI is InChI=1S/C11H16N2O4/c1-11(10(16)17)3-4-13(6-11)7-5-8(14)12(2)9(7)15/h7H,3-6H2,1-2H3,(H,16,17). The molecule has 2 aliphatic heterocycles. The molecule has 1 N–H and O–H groups in total. The minimum absolute atomic E-state index is 0.172. The summed E-state index contributed by atoms with van der Waals surface area (Å²) in [4.78, 5) is 37.3. The molecule has 2 amide bonds. The molecule has 2 aliphatic rings. The maximum absolute atomic E-state index is 11.8. The van der Waals surface area contributed by atoms with E-state index in [2.05, 4.69) is 0 Å². The van der Waals surface area contributed by atoms with Crippen LogP contribution in [0.1, 0.15) is 19.8 Å². The zero-order chi connectivity index (χ0) is 12.8. The summed E-state index contributed by atoms with van der Waals surface area (Å²) < 4.78 is 0. The molecule has 0 aromatic heterocycles. The first-order chi connectivity index (χ1) is 7.85. The van der Waals surface area contributed by atoms with Crippen molar-refractivity contribution < 1.29 is 19.5 Å². The number of imide groups is 1. The van der Waals surface area contributed by atoms with Crippen LogP contribution in [0.2, 0.25) is 0 Å². The Labute approximate surface area is 99.2 Å². The summed E-state index contributed by atoms with van der Waals surface area (Å²) in [5.74, 6) is -1.25. The molecule has 0 aromatic carbocycles. The van der Waals surface area contributed by atoms with Crippen LogP contribution in [0.3, 0.4) is 0 Å². The van der Waals surface area contributed by atoms with Crippen LogP contribution in [0, 0.1) is 5.41 Å². The molecule has 0 aliphatic carbocycles. The molecule has 2 rings (SSSR count). The normalized spacial score (nSPS) is 34.7. The zero-order valence-corrected chi connectivity index (χ0v) is 9.97. The number of carbonyl (C=O) groups is 3. The van der Waals surface area contributed by atoms with Crippen molar-refractivity contribution in [1.82, 2.24) is 9.80 Å². The molecular weight excluding hydrogens is 224 g/mol. The van der Waals surface area contributed by atoms with Gasteiger partial charge in [-0.25, -0.2) is 0 Å². The number of rotatable bonds is 2. The predicted octanol–water partition coefficient (Wildman–Crippen LogP) is -0.460. The highest BCUT2D eigenvalue weighted by molar-refractivity contribution is 6.05. The fourth-order valence-electron chi connectivity index (χ4n) is 2.46. The van der Waals surface area contributed by atoms with Crippen molar-refractivity contribution in [2.24, 2.45) is 5.41 Å². The highest BCUT2D eigenvalue weighted by atomic mass is 16.4. The lowest BCUT2D eigenvalue weighted by Crippen LogP contribution is -2.41. The highest BCUT2D eigenvalue weighted by Crippen LogP contribution is 2.33. The molecule has 0 bridgehead atoms. The summed E-state index contributed by atoms with van der Waals surface area (Å²) >= 11 is 0. The second-order valence-electron chi connectivity index (χ2n) is 5.10. The summed E-state index contributed by atoms with van der Waals surface area (Å²) in [5, 5.41) is 9.11. The molecule has 2 fully saturated rings. The van der Waals surface area contributed by atoms with Crippen molar-refractivity contribution in [2.45, 2.75) is 25.8 Å². The van der Waals surface area contributed by atoms with Crippen molar-refractivity contribution in [3.8, 4) is 0 Å². The first-order valence-electron chi connectivity index (χ1n) is 5.63. The van der Waals surface area contributed by atoms with E-state index in [1.807, 2.05) is 4.90 Å². The average Bonchev–Trinajstić information content (AvgIpc) is 2.77. The SMILES string of the molecule is CN1C(=O)CC(N2CCC(C)(C(=O)O)C2)C1=O. The van der Waals surface area contributed by atoms with Gasteiger partial charge in [-0.3, -0.25) is 24.2 Å². The molecular formula is C11H16N2O4. The number of carboxylic acid groups (broad SMARTS) is 1. The van der Waals surface area contributed by atoms with Gasteiger partial charge < -0.3 is 5.11 Å². The Morgan fingerprint density at radius 1 is 1.47 bits per heavy atom. The van der Waals surface area contributed by atoms with Gasteiger partial charge in [0.1, 0.15) is 0 Å². The van der Waals surface area contributed by atoms with E-state index in [0.29, 0.717) is 19.5 Å².